The third-order valence-corrected chi connectivity index (χ3v) is 3.75. The second kappa shape index (κ2) is 5.51. The van der Waals surface area contributed by atoms with Crippen LogP contribution in [0.4, 0.5) is 5.69 Å². The molecule has 3 rings (SSSR count). The molecule has 0 radical (unpaired) electrons. The highest BCUT2D eigenvalue weighted by atomic mass is 16.3. The molecule has 4 nitrogen and oxygen atoms in total. The molecule has 0 spiro atoms. The number of furan rings is 1. The molecule has 0 saturated heterocycles. The second-order valence-corrected chi connectivity index (χ2v) is 5.18. The first-order chi connectivity index (χ1) is 9.74. The lowest BCUT2D eigenvalue weighted by atomic mass is 9.90. The summed E-state index contributed by atoms with van der Waals surface area (Å²) in [6, 6.07) is 12.0. The topological polar surface area (TPSA) is 54.3 Å². The Balaban J connectivity index is 1.70. The van der Waals surface area contributed by atoms with Gasteiger partial charge in [0.1, 0.15) is 5.76 Å². The van der Waals surface area contributed by atoms with Crippen molar-refractivity contribution in [3.8, 4) is 0 Å². The number of hydrogen-bond donors (Lipinski definition) is 2. The fourth-order valence-corrected chi connectivity index (χ4v) is 2.64. The van der Waals surface area contributed by atoms with Gasteiger partial charge in [-0.15, -0.1) is 0 Å². The van der Waals surface area contributed by atoms with Crippen molar-refractivity contribution in [2.45, 2.75) is 25.3 Å². The van der Waals surface area contributed by atoms with Crippen LogP contribution in [-0.2, 0) is 4.79 Å². The number of amides is 1. The zero-order valence-corrected chi connectivity index (χ0v) is 11.4. The minimum Gasteiger partial charge on any atom is -0.468 e. The van der Waals surface area contributed by atoms with Gasteiger partial charge in [0.2, 0.25) is 5.91 Å². The maximum Gasteiger partial charge on any atom is 0.225 e. The van der Waals surface area contributed by atoms with E-state index in [1.165, 1.54) is 5.56 Å². The lowest BCUT2D eigenvalue weighted by Gasteiger charge is -2.26. The van der Waals surface area contributed by atoms with Crippen LogP contribution >= 0.6 is 0 Å². The van der Waals surface area contributed by atoms with Gasteiger partial charge in [-0.3, -0.25) is 4.79 Å². The number of carbonyl (C=O) groups excluding carboxylic acids is 1. The predicted molar refractivity (Wildman–Crippen MR) is 77.6 cm³/mol. The average molecular weight is 270 g/mol. The molecule has 2 heterocycles. The molecule has 0 aliphatic carbocycles. The second-order valence-electron chi connectivity index (χ2n) is 5.18. The average Bonchev–Trinajstić information content (AvgIpc) is 2.98. The van der Waals surface area contributed by atoms with Gasteiger partial charge in [-0.05, 0) is 30.7 Å². The van der Waals surface area contributed by atoms with Gasteiger partial charge in [0, 0.05) is 24.6 Å². The van der Waals surface area contributed by atoms with Crippen molar-refractivity contribution in [3.63, 3.8) is 0 Å². The SMILES string of the molecule is CC(NCC1CC(=O)Nc2ccccc21)c1ccco1. The molecular formula is C16H18N2O2. The predicted octanol–water partition coefficient (Wildman–Crippen LogP) is 3.06. The van der Waals surface area contributed by atoms with Crippen LogP contribution in [0.2, 0.25) is 0 Å². The number of hydrogen-bond acceptors (Lipinski definition) is 3. The summed E-state index contributed by atoms with van der Waals surface area (Å²) in [5.41, 5.74) is 2.13. The zero-order valence-electron chi connectivity index (χ0n) is 11.4. The first-order valence-corrected chi connectivity index (χ1v) is 6.89. The summed E-state index contributed by atoms with van der Waals surface area (Å²) < 4.78 is 5.38. The Labute approximate surface area is 118 Å². The van der Waals surface area contributed by atoms with Gasteiger partial charge >= 0.3 is 0 Å². The molecule has 2 unspecified atom stereocenters. The van der Waals surface area contributed by atoms with Crippen LogP contribution in [0.15, 0.2) is 47.1 Å². The standard InChI is InChI=1S/C16H18N2O2/c1-11(15-7-4-8-20-15)17-10-12-9-16(19)18-14-6-3-2-5-13(12)14/h2-8,11-12,17H,9-10H2,1H3,(H,18,19). The van der Waals surface area contributed by atoms with E-state index in [2.05, 4.69) is 23.6 Å². The Morgan fingerprint density at radius 1 is 1.35 bits per heavy atom. The van der Waals surface area contributed by atoms with Gasteiger partial charge < -0.3 is 15.1 Å². The van der Waals surface area contributed by atoms with Crippen LogP contribution in [-0.4, -0.2) is 12.5 Å². The van der Waals surface area contributed by atoms with Gasteiger partial charge in [0.15, 0.2) is 0 Å². The van der Waals surface area contributed by atoms with Crippen molar-refractivity contribution in [2.75, 3.05) is 11.9 Å². The van der Waals surface area contributed by atoms with Crippen LogP contribution in [0.25, 0.3) is 0 Å². The highest BCUT2D eigenvalue weighted by Gasteiger charge is 2.25. The van der Waals surface area contributed by atoms with Crippen LogP contribution in [0.5, 0.6) is 0 Å². The number of rotatable bonds is 4. The molecule has 1 amide bonds. The highest BCUT2D eigenvalue weighted by Crippen LogP contribution is 2.31. The number of para-hydroxylation sites is 1. The highest BCUT2D eigenvalue weighted by molar-refractivity contribution is 5.94. The third-order valence-electron chi connectivity index (χ3n) is 3.75. The van der Waals surface area contributed by atoms with E-state index in [0.717, 1.165) is 18.0 Å². The van der Waals surface area contributed by atoms with E-state index in [9.17, 15) is 4.79 Å². The molecule has 2 N–H and O–H groups in total. The van der Waals surface area contributed by atoms with Crippen LogP contribution < -0.4 is 10.6 Å². The van der Waals surface area contributed by atoms with Crippen molar-refractivity contribution >= 4 is 11.6 Å². The Morgan fingerprint density at radius 2 is 2.20 bits per heavy atom. The van der Waals surface area contributed by atoms with E-state index in [1.54, 1.807) is 6.26 Å². The quantitative estimate of drug-likeness (QED) is 0.897. The van der Waals surface area contributed by atoms with Crippen molar-refractivity contribution in [3.05, 3.63) is 54.0 Å². The van der Waals surface area contributed by atoms with E-state index in [0.29, 0.717) is 6.42 Å². The molecular weight excluding hydrogens is 252 g/mol. The maximum atomic E-state index is 11.8. The lowest BCUT2D eigenvalue weighted by Crippen LogP contribution is -2.31. The van der Waals surface area contributed by atoms with E-state index in [-0.39, 0.29) is 17.9 Å². The molecule has 0 saturated carbocycles. The van der Waals surface area contributed by atoms with E-state index in [1.807, 2.05) is 30.3 Å². The minimum atomic E-state index is 0.0844. The van der Waals surface area contributed by atoms with Gasteiger partial charge in [-0.2, -0.15) is 0 Å². The fraction of sp³-hybridized carbons (Fsp3) is 0.312. The number of anilines is 1. The summed E-state index contributed by atoms with van der Waals surface area (Å²) >= 11 is 0. The van der Waals surface area contributed by atoms with Crippen molar-refractivity contribution in [2.24, 2.45) is 0 Å². The summed E-state index contributed by atoms with van der Waals surface area (Å²) in [4.78, 5) is 11.8. The molecule has 4 heteroatoms. The molecule has 1 aromatic carbocycles. The zero-order chi connectivity index (χ0) is 13.9. The van der Waals surface area contributed by atoms with Gasteiger partial charge in [-0.25, -0.2) is 0 Å². The molecule has 20 heavy (non-hydrogen) atoms. The summed E-state index contributed by atoms with van der Waals surface area (Å²) in [5.74, 6) is 1.21. The molecule has 104 valence electrons. The molecule has 0 fully saturated rings. The number of carbonyl (C=O) groups is 1. The van der Waals surface area contributed by atoms with Crippen LogP contribution in [0.1, 0.15) is 36.6 Å². The summed E-state index contributed by atoms with van der Waals surface area (Å²) in [7, 11) is 0. The molecule has 1 aliphatic rings. The lowest BCUT2D eigenvalue weighted by molar-refractivity contribution is -0.116. The Bertz CT molecular complexity index is 592. The molecule has 2 atom stereocenters. The molecule has 2 aromatic rings. The van der Waals surface area contributed by atoms with E-state index in [4.69, 9.17) is 4.42 Å². The summed E-state index contributed by atoms with van der Waals surface area (Å²) in [5, 5.41) is 6.36. The van der Waals surface area contributed by atoms with Crippen molar-refractivity contribution in [1.29, 1.82) is 0 Å². The molecule has 0 bridgehead atoms. The minimum absolute atomic E-state index is 0.0844. The van der Waals surface area contributed by atoms with E-state index >= 15 is 0 Å². The molecule has 1 aliphatic heterocycles. The summed E-state index contributed by atoms with van der Waals surface area (Å²) in [6.07, 6.45) is 2.20. The van der Waals surface area contributed by atoms with Crippen molar-refractivity contribution < 1.29 is 9.21 Å². The Kier molecular flexibility index (Phi) is 3.56. The fourth-order valence-electron chi connectivity index (χ4n) is 2.64. The first kappa shape index (κ1) is 12.9. The summed E-state index contributed by atoms with van der Waals surface area (Å²) in [6.45, 7) is 2.82. The van der Waals surface area contributed by atoms with E-state index < -0.39 is 0 Å². The molecule has 1 aromatic heterocycles. The normalized spacial score (nSPS) is 19.2. The van der Waals surface area contributed by atoms with Gasteiger partial charge in [0.25, 0.3) is 0 Å². The number of fused-ring (bicyclic) bond motifs is 1. The van der Waals surface area contributed by atoms with Crippen LogP contribution in [0.3, 0.4) is 0 Å². The Hall–Kier alpha value is -2.07. The Morgan fingerprint density at radius 3 is 3.00 bits per heavy atom. The third kappa shape index (κ3) is 2.60. The monoisotopic (exact) mass is 270 g/mol. The smallest absolute Gasteiger partial charge is 0.225 e. The number of nitrogens with one attached hydrogen (secondary N) is 2. The van der Waals surface area contributed by atoms with Crippen molar-refractivity contribution in [1.82, 2.24) is 5.32 Å². The van der Waals surface area contributed by atoms with Crippen LogP contribution in [0, 0.1) is 0 Å². The van der Waals surface area contributed by atoms with Gasteiger partial charge in [-0.1, -0.05) is 18.2 Å². The number of benzene rings is 1. The largest absolute Gasteiger partial charge is 0.468 e. The van der Waals surface area contributed by atoms with Gasteiger partial charge in [0.05, 0.1) is 12.3 Å². The maximum absolute atomic E-state index is 11.8. The first-order valence-electron chi connectivity index (χ1n) is 6.89.